The van der Waals surface area contributed by atoms with Crippen molar-refractivity contribution >= 4 is 16.8 Å². The van der Waals surface area contributed by atoms with E-state index < -0.39 is 0 Å². The number of aromatic amines is 1. The number of likely N-dealkylation sites (tertiary alicyclic amines) is 2. The van der Waals surface area contributed by atoms with Gasteiger partial charge in [0.25, 0.3) is 0 Å². The highest BCUT2D eigenvalue weighted by Gasteiger charge is 2.26. The molecular formula is C22H35N3O. The monoisotopic (exact) mass is 357 g/mol. The van der Waals surface area contributed by atoms with Crippen molar-refractivity contribution in [1.82, 2.24) is 14.8 Å². The second-order valence-electron chi connectivity index (χ2n) is 7.28. The van der Waals surface area contributed by atoms with E-state index in [1.165, 1.54) is 35.7 Å². The Balaban J connectivity index is 0.00000121. The Hall–Kier alpha value is -1.81. The number of nitrogens with one attached hydrogen (secondary N) is 1. The molecule has 1 aromatic carbocycles. The fourth-order valence-electron chi connectivity index (χ4n) is 4.28. The molecule has 4 heteroatoms. The van der Waals surface area contributed by atoms with E-state index in [9.17, 15) is 4.79 Å². The number of rotatable bonds is 3. The quantitative estimate of drug-likeness (QED) is 0.870. The molecule has 0 bridgehead atoms. The van der Waals surface area contributed by atoms with Crippen molar-refractivity contribution < 1.29 is 4.79 Å². The number of fused-ring (bicyclic) bond motifs is 1. The molecule has 26 heavy (non-hydrogen) atoms. The smallest absolute Gasteiger partial charge is 0.236 e. The predicted molar refractivity (Wildman–Crippen MR) is 111 cm³/mol. The third-order valence-corrected chi connectivity index (χ3v) is 5.72. The van der Waals surface area contributed by atoms with Gasteiger partial charge in [0.15, 0.2) is 0 Å². The Morgan fingerprint density at radius 3 is 2.42 bits per heavy atom. The van der Waals surface area contributed by atoms with Crippen LogP contribution in [0.2, 0.25) is 0 Å². The summed E-state index contributed by atoms with van der Waals surface area (Å²) < 4.78 is 0. The highest BCUT2D eigenvalue weighted by atomic mass is 16.2. The molecule has 2 aromatic rings. The lowest BCUT2D eigenvalue weighted by molar-refractivity contribution is -0.133. The molecule has 1 aromatic heterocycles. The lowest BCUT2D eigenvalue weighted by Gasteiger charge is -2.34. The highest BCUT2D eigenvalue weighted by molar-refractivity contribution is 5.83. The van der Waals surface area contributed by atoms with Gasteiger partial charge in [0.2, 0.25) is 5.91 Å². The van der Waals surface area contributed by atoms with Crippen LogP contribution in [-0.4, -0.2) is 53.4 Å². The first-order valence-corrected chi connectivity index (χ1v) is 9.37. The first-order valence-electron chi connectivity index (χ1n) is 9.37. The number of carbonyl (C=O) groups is 1. The summed E-state index contributed by atoms with van der Waals surface area (Å²) in [6.07, 6.45) is 8.13. The number of benzene rings is 1. The molecule has 4 rings (SSSR count). The van der Waals surface area contributed by atoms with Gasteiger partial charge in [0.1, 0.15) is 0 Å². The Morgan fingerprint density at radius 2 is 1.69 bits per heavy atom. The fourth-order valence-corrected chi connectivity index (χ4v) is 4.28. The largest absolute Gasteiger partial charge is 0.361 e. The van der Waals surface area contributed by atoms with Crippen molar-refractivity contribution in [3.05, 3.63) is 36.0 Å². The van der Waals surface area contributed by atoms with E-state index in [0.29, 0.717) is 18.4 Å². The number of hydrogen-bond acceptors (Lipinski definition) is 2. The Bertz CT molecular complexity index is 694. The van der Waals surface area contributed by atoms with Gasteiger partial charge in [0, 0.05) is 30.2 Å². The van der Waals surface area contributed by atoms with Crippen molar-refractivity contribution in [3.8, 4) is 0 Å². The average Bonchev–Trinajstić information content (AvgIpc) is 3.07. The van der Waals surface area contributed by atoms with Crippen LogP contribution in [0.4, 0.5) is 0 Å². The van der Waals surface area contributed by atoms with E-state index in [2.05, 4.69) is 45.2 Å². The van der Waals surface area contributed by atoms with Gasteiger partial charge in [-0.25, -0.2) is 0 Å². The molecule has 2 aliphatic heterocycles. The maximum atomic E-state index is 12.5. The first kappa shape index (κ1) is 20.5. The minimum absolute atomic E-state index is 0. The molecule has 3 heterocycles. The molecule has 2 fully saturated rings. The Morgan fingerprint density at radius 1 is 1.00 bits per heavy atom. The zero-order chi connectivity index (χ0) is 16.4. The molecule has 0 saturated carbocycles. The molecule has 144 valence electrons. The molecule has 0 aliphatic carbocycles. The zero-order valence-electron chi connectivity index (χ0n) is 14.3. The summed E-state index contributed by atoms with van der Waals surface area (Å²) in [5.41, 5.74) is 2.64. The van der Waals surface area contributed by atoms with Crippen LogP contribution < -0.4 is 0 Å². The van der Waals surface area contributed by atoms with E-state index in [1.54, 1.807) is 0 Å². The first-order chi connectivity index (χ1) is 11.8. The Labute approximate surface area is 158 Å². The molecule has 2 saturated heterocycles. The van der Waals surface area contributed by atoms with E-state index in [-0.39, 0.29) is 14.9 Å². The average molecular weight is 358 g/mol. The zero-order valence-corrected chi connectivity index (χ0v) is 14.3. The standard InChI is InChI=1S/C20H27N3O.2CH4/c24-20(15-22-10-4-1-5-11-22)23-12-8-16(9-13-23)18-14-21-19-7-3-2-6-17(18)19;;/h2-3,6-7,14,16,21H,1,4-5,8-13,15H2;2*1H4. The van der Waals surface area contributed by atoms with Gasteiger partial charge in [-0.2, -0.15) is 0 Å². The normalized spacial score (nSPS) is 19.0. The van der Waals surface area contributed by atoms with Gasteiger partial charge < -0.3 is 9.88 Å². The van der Waals surface area contributed by atoms with Crippen molar-refractivity contribution in [2.75, 3.05) is 32.7 Å². The van der Waals surface area contributed by atoms with E-state index in [0.717, 1.165) is 39.0 Å². The molecule has 2 aliphatic rings. The van der Waals surface area contributed by atoms with E-state index >= 15 is 0 Å². The maximum absolute atomic E-state index is 12.5. The van der Waals surface area contributed by atoms with E-state index in [4.69, 9.17) is 0 Å². The van der Waals surface area contributed by atoms with Crippen LogP contribution in [0.1, 0.15) is 58.4 Å². The van der Waals surface area contributed by atoms with E-state index in [1.807, 2.05) is 0 Å². The lowest BCUT2D eigenvalue weighted by Crippen LogP contribution is -2.45. The number of nitrogens with zero attached hydrogens (tertiary/aromatic N) is 2. The second kappa shape index (κ2) is 9.22. The summed E-state index contributed by atoms with van der Waals surface area (Å²) in [4.78, 5) is 20.4. The van der Waals surface area contributed by atoms with Crippen LogP contribution in [0.5, 0.6) is 0 Å². The van der Waals surface area contributed by atoms with Crippen molar-refractivity contribution in [3.63, 3.8) is 0 Å². The number of hydrogen-bond donors (Lipinski definition) is 1. The van der Waals surface area contributed by atoms with Gasteiger partial charge in [-0.1, -0.05) is 39.5 Å². The molecule has 0 unspecified atom stereocenters. The van der Waals surface area contributed by atoms with Crippen LogP contribution in [0.25, 0.3) is 10.9 Å². The van der Waals surface area contributed by atoms with Crippen LogP contribution in [-0.2, 0) is 4.79 Å². The number of amides is 1. The molecule has 0 atom stereocenters. The number of para-hydroxylation sites is 1. The summed E-state index contributed by atoms with van der Waals surface area (Å²) in [6.45, 7) is 4.61. The molecule has 1 amide bonds. The van der Waals surface area contributed by atoms with Crippen LogP contribution in [0, 0.1) is 0 Å². The molecule has 1 N–H and O–H groups in total. The summed E-state index contributed by atoms with van der Waals surface area (Å²) in [5.74, 6) is 0.898. The minimum atomic E-state index is 0. The molecule has 0 spiro atoms. The number of H-pyrrole nitrogens is 1. The van der Waals surface area contributed by atoms with Crippen LogP contribution >= 0.6 is 0 Å². The van der Waals surface area contributed by atoms with Crippen molar-refractivity contribution in [2.24, 2.45) is 0 Å². The number of aromatic nitrogens is 1. The molecule has 4 nitrogen and oxygen atoms in total. The summed E-state index contributed by atoms with van der Waals surface area (Å²) in [6, 6.07) is 8.52. The SMILES string of the molecule is C.C.O=C(CN1CCCCC1)N1CCC(c2c[nH]c3ccccc23)CC1. The highest BCUT2D eigenvalue weighted by Crippen LogP contribution is 2.33. The minimum Gasteiger partial charge on any atom is -0.361 e. The summed E-state index contributed by atoms with van der Waals surface area (Å²) in [5, 5.41) is 1.34. The van der Waals surface area contributed by atoms with Gasteiger partial charge in [-0.05, 0) is 56.3 Å². The molecule has 0 radical (unpaired) electrons. The third kappa shape index (κ3) is 4.29. The number of piperidine rings is 2. The molecular weight excluding hydrogens is 322 g/mol. The van der Waals surface area contributed by atoms with Crippen molar-refractivity contribution in [2.45, 2.75) is 52.9 Å². The van der Waals surface area contributed by atoms with Crippen molar-refractivity contribution in [1.29, 1.82) is 0 Å². The van der Waals surface area contributed by atoms with Gasteiger partial charge in [0.05, 0.1) is 6.54 Å². The fraction of sp³-hybridized carbons (Fsp3) is 0.591. The number of carbonyl (C=O) groups excluding carboxylic acids is 1. The lowest BCUT2D eigenvalue weighted by atomic mass is 9.89. The Kier molecular flexibility index (Phi) is 7.27. The second-order valence-corrected chi connectivity index (χ2v) is 7.28. The predicted octanol–water partition coefficient (Wildman–Crippen LogP) is 4.63. The maximum Gasteiger partial charge on any atom is 0.236 e. The summed E-state index contributed by atoms with van der Waals surface area (Å²) in [7, 11) is 0. The van der Waals surface area contributed by atoms with Gasteiger partial charge >= 0.3 is 0 Å². The van der Waals surface area contributed by atoms with Crippen LogP contribution in [0.15, 0.2) is 30.5 Å². The van der Waals surface area contributed by atoms with Crippen LogP contribution in [0.3, 0.4) is 0 Å². The topological polar surface area (TPSA) is 39.3 Å². The van der Waals surface area contributed by atoms with Gasteiger partial charge in [-0.15, -0.1) is 0 Å². The summed E-state index contributed by atoms with van der Waals surface area (Å²) >= 11 is 0. The van der Waals surface area contributed by atoms with Gasteiger partial charge in [-0.3, -0.25) is 9.69 Å². The third-order valence-electron chi connectivity index (χ3n) is 5.72.